The number of carbonyl (C=O) groups excluding carboxylic acids is 2. The molecule has 6 atom stereocenters. The molecule has 0 aromatic rings. The molecule has 2 aliphatic carbocycles. The van der Waals surface area contributed by atoms with Gasteiger partial charge in [0.05, 0.1) is 0 Å². The Morgan fingerprint density at radius 1 is 1.42 bits per heavy atom. The van der Waals surface area contributed by atoms with Crippen molar-refractivity contribution >= 4 is 17.9 Å². The zero-order chi connectivity index (χ0) is 13.9. The van der Waals surface area contributed by atoms with Crippen LogP contribution in [0.3, 0.4) is 0 Å². The highest BCUT2D eigenvalue weighted by Gasteiger charge is 2.69. The summed E-state index contributed by atoms with van der Waals surface area (Å²) < 4.78 is 10.4. The number of fused-ring (bicyclic) bond motifs is 1. The Hall–Kier alpha value is -1.85. The molecule has 2 bridgehead atoms. The minimum absolute atomic E-state index is 0.137. The molecule has 102 valence electrons. The van der Waals surface area contributed by atoms with Gasteiger partial charge in [0, 0.05) is 17.4 Å². The first kappa shape index (κ1) is 12.2. The van der Waals surface area contributed by atoms with Crippen molar-refractivity contribution in [2.75, 3.05) is 0 Å². The average molecular weight is 266 g/mol. The van der Waals surface area contributed by atoms with Crippen LogP contribution in [-0.4, -0.2) is 35.2 Å². The monoisotopic (exact) mass is 266 g/mol. The van der Waals surface area contributed by atoms with E-state index in [0.29, 0.717) is 6.42 Å². The Kier molecular flexibility index (Phi) is 2.45. The maximum absolute atomic E-state index is 11.8. The highest BCUT2D eigenvalue weighted by molar-refractivity contribution is 5.88. The Balaban J connectivity index is 1.89. The van der Waals surface area contributed by atoms with Crippen molar-refractivity contribution in [3.63, 3.8) is 0 Å². The Labute approximate surface area is 109 Å². The van der Waals surface area contributed by atoms with E-state index in [1.54, 1.807) is 0 Å². The number of carbonyl (C=O) groups is 3. The van der Waals surface area contributed by atoms with Crippen molar-refractivity contribution in [1.29, 1.82) is 0 Å². The maximum Gasteiger partial charge on any atom is 0.333 e. The van der Waals surface area contributed by atoms with Crippen LogP contribution in [0.4, 0.5) is 0 Å². The summed E-state index contributed by atoms with van der Waals surface area (Å²) in [7, 11) is 0. The molecule has 3 rings (SSSR count). The molecule has 3 aliphatic rings. The topological polar surface area (TPSA) is 89.9 Å². The lowest BCUT2D eigenvalue weighted by Gasteiger charge is -2.28. The lowest BCUT2D eigenvalue weighted by atomic mass is 9.80. The van der Waals surface area contributed by atoms with E-state index in [4.69, 9.17) is 9.47 Å². The number of rotatable bonds is 3. The van der Waals surface area contributed by atoms with Gasteiger partial charge >= 0.3 is 17.9 Å². The van der Waals surface area contributed by atoms with Crippen molar-refractivity contribution in [2.24, 2.45) is 23.7 Å². The summed E-state index contributed by atoms with van der Waals surface area (Å²) in [6, 6.07) is 0. The third-order valence-corrected chi connectivity index (χ3v) is 4.42. The van der Waals surface area contributed by atoms with E-state index in [-0.39, 0.29) is 17.4 Å². The zero-order valence-corrected chi connectivity index (χ0v) is 10.4. The van der Waals surface area contributed by atoms with E-state index >= 15 is 0 Å². The normalized spacial score (nSPS) is 42.1. The molecule has 2 saturated carbocycles. The van der Waals surface area contributed by atoms with E-state index in [2.05, 4.69) is 6.58 Å². The van der Waals surface area contributed by atoms with Gasteiger partial charge in [0.15, 0.2) is 0 Å². The van der Waals surface area contributed by atoms with Crippen LogP contribution in [0.25, 0.3) is 0 Å². The van der Waals surface area contributed by atoms with Crippen molar-refractivity contribution in [3.05, 3.63) is 12.2 Å². The lowest BCUT2D eigenvalue weighted by Crippen LogP contribution is -2.43. The van der Waals surface area contributed by atoms with Crippen LogP contribution < -0.4 is 0 Å². The quantitative estimate of drug-likeness (QED) is 0.586. The molecule has 0 amide bonds. The number of ether oxygens (including phenoxy) is 2. The third-order valence-electron chi connectivity index (χ3n) is 4.42. The molecule has 1 heterocycles. The number of esters is 2. The first-order valence-electron chi connectivity index (χ1n) is 6.21. The second kappa shape index (κ2) is 3.82. The van der Waals surface area contributed by atoms with Gasteiger partial charge in [0.25, 0.3) is 0 Å². The van der Waals surface area contributed by atoms with Crippen molar-refractivity contribution < 1.29 is 29.0 Å². The van der Waals surface area contributed by atoms with Gasteiger partial charge in [-0.25, -0.2) is 4.79 Å². The summed E-state index contributed by atoms with van der Waals surface area (Å²) in [6.45, 7) is 5.00. The van der Waals surface area contributed by atoms with E-state index < -0.39 is 42.0 Å². The summed E-state index contributed by atoms with van der Waals surface area (Å²) >= 11 is 0. The number of hydrogen-bond acceptors (Lipinski definition) is 5. The number of hydrogen-bond donors (Lipinski definition) is 1. The largest absolute Gasteiger partial charge is 0.481 e. The summed E-state index contributed by atoms with van der Waals surface area (Å²) in [4.78, 5) is 34.7. The molecule has 0 aromatic heterocycles. The van der Waals surface area contributed by atoms with Crippen LogP contribution in [0.5, 0.6) is 0 Å². The van der Waals surface area contributed by atoms with Gasteiger partial charge in [0.2, 0.25) is 0 Å². The minimum Gasteiger partial charge on any atom is -0.481 e. The van der Waals surface area contributed by atoms with Gasteiger partial charge in [-0.2, -0.15) is 0 Å². The summed E-state index contributed by atoms with van der Waals surface area (Å²) in [6.07, 6.45) is -0.687. The van der Waals surface area contributed by atoms with Crippen LogP contribution in [0.2, 0.25) is 0 Å². The maximum atomic E-state index is 11.8. The molecule has 3 fully saturated rings. The van der Waals surface area contributed by atoms with Gasteiger partial charge in [0.1, 0.15) is 24.0 Å². The van der Waals surface area contributed by atoms with Gasteiger partial charge in [-0.1, -0.05) is 6.58 Å². The first-order chi connectivity index (χ1) is 8.91. The molecular weight excluding hydrogens is 252 g/mol. The lowest BCUT2D eigenvalue weighted by molar-refractivity contribution is -0.158. The molecule has 6 unspecified atom stereocenters. The minimum atomic E-state index is -0.998. The molecule has 1 saturated heterocycles. The third kappa shape index (κ3) is 1.52. The molecule has 0 radical (unpaired) electrons. The zero-order valence-electron chi connectivity index (χ0n) is 10.4. The molecule has 0 aromatic carbocycles. The number of carboxylic acid groups (broad SMARTS) is 1. The van der Waals surface area contributed by atoms with Crippen LogP contribution >= 0.6 is 0 Å². The van der Waals surface area contributed by atoms with E-state index in [1.165, 1.54) is 6.92 Å². The van der Waals surface area contributed by atoms with E-state index in [1.807, 2.05) is 0 Å². The number of aliphatic carboxylic acids is 1. The van der Waals surface area contributed by atoms with Crippen molar-refractivity contribution in [1.82, 2.24) is 0 Å². The fourth-order valence-corrected chi connectivity index (χ4v) is 3.70. The molecule has 1 aliphatic heterocycles. The van der Waals surface area contributed by atoms with Crippen LogP contribution in [-0.2, 0) is 23.9 Å². The van der Waals surface area contributed by atoms with Crippen molar-refractivity contribution in [3.8, 4) is 0 Å². The molecular formula is C13H14O6. The molecule has 6 heteroatoms. The Morgan fingerprint density at radius 2 is 2.11 bits per heavy atom. The van der Waals surface area contributed by atoms with E-state index in [0.717, 1.165) is 0 Å². The predicted octanol–water partition coefficient (Wildman–Crippen LogP) is 0.366. The summed E-state index contributed by atoms with van der Waals surface area (Å²) in [5.41, 5.74) is 0.234. The second-order valence-corrected chi connectivity index (χ2v) is 5.50. The Morgan fingerprint density at radius 3 is 2.68 bits per heavy atom. The summed E-state index contributed by atoms with van der Waals surface area (Å²) in [5.74, 6) is -3.78. The SMILES string of the molecule is C=C(C)C(=O)OC1C2CC3C(OC(=O)C31)C2C(=O)O. The van der Waals surface area contributed by atoms with Gasteiger partial charge in [-0.15, -0.1) is 0 Å². The highest BCUT2D eigenvalue weighted by atomic mass is 16.6. The number of carboxylic acids is 1. The van der Waals surface area contributed by atoms with Crippen LogP contribution in [0.15, 0.2) is 12.2 Å². The second-order valence-electron chi connectivity index (χ2n) is 5.50. The Bertz CT molecular complexity index is 495. The van der Waals surface area contributed by atoms with Gasteiger partial charge in [-0.05, 0) is 13.3 Å². The van der Waals surface area contributed by atoms with Gasteiger partial charge < -0.3 is 14.6 Å². The standard InChI is InChI=1S/C13H14O6/c1-4(2)12(16)18-10-5-3-6-8(10)13(17)19-9(6)7(5)11(14)15/h5-10H,1,3H2,2H3,(H,14,15). The molecule has 6 nitrogen and oxygen atoms in total. The van der Waals surface area contributed by atoms with Crippen LogP contribution in [0, 0.1) is 23.7 Å². The van der Waals surface area contributed by atoms with E-state index in [9.17, 15) is 19.5 Å². The summed E-state index contributed by atoms with van der Waals surface area (Å²) in [5, 5.41) is 9.25. The average Bonchev–Trinajstić information content (AvgIpc) is 2.89. The first-order valence-corrected chi connectivity index (χ1v) is 6.21. The highest BCUT2D eigenvalue weighted by Crippen LogP contribution is 2.58. The molecule has 19 heavy (non-hydrogen) atoms. The van der Waals surface area contributed by atoms with Crippen molar-refractivity contribution in [2.45, 2.75) is 25.6 Å². The smallest absolute Gasteiger partial charge is 0.333 e. The van der Waals surface area contributed by atoms with Crippen LogP contribution in [0.1, 0.15) is 13.3 Å². The molecule has 0 spiro atoms. The predicted molar refractivity (Wildman–Crippen MR) is 60.8 cm³/mol. The fourth-order valence-electron chi connectivity index (χ4n) is 3.70. The van der Waals surface area contributed by atoms with Gasteiger partial charge in [-0.3, -0.25) is 9.59 Å². The molecule has 1 N–H and O–H groups in total. The fraction of sp³-hybridized carbons (Fsp3) is 0.615.